The molecule has 26 heavy (non-hydrogen) atoms. The van der Waals surface area contributed by atoms with Crippen LogP contribution in [-0.2, 0) is 12.5 Å². The summed E-state index contributed by atoms with van der Waals surface area (Å²) in [5, 5.41) is 0. The van der Waals surface area contributed by atoms with Gasteiger partial charge in [0.25, 0.3) is 5.92 Å². The van der Waals surface area contributed by atoms with Gasteiger partial charge in [-0.25, -0.2) is 8.78 Å². The molecular formula is C22H20F2N2. The number of nitrogens with zero attached hydrogens (tertiary/aromatic N) is 2. The van der Waals surface area contributed by atoms with E-state index in [0.717, 1.165) is 29.6 Å². The van der Waals surface area contributed by atoms with E-state index in [9.17, 15) is 8.78 Å². The molecule has 1 aliphatic heterocycles. The van der Waals surface area contributed by atoms with Crippen molar-refractivity contribution in [1.29, 1.82) is 0 Å². The lowest BCUT2D eigenvalue weighted by atomic mass is 10.0. The molecule has 0 aliphatic carbocycles. The minimum absolute atomic E-state index is 0.0145. The van der Waals surface area contributed by atoms with Crippen LogP contribution >= 0.6 is 0 Å². The molecule has 4 rings (SSSR count). The van der Waals surface area contributed by atoms with Crippen molar-refractivity contribution < 1.29 is 8.78 Å². The lowest BCUT2D eigenvalue weighted by Crippen LogP contribution is -2.10. The minimum atomic E-state index is -2.84. The van der Waals surface area contributed by atoms with Crippen molar-refractivity contribution in [2.45, 2.75) is 33.2 Å². The van der Waals surface area contributed by atoms with E-state index in [2.05, 4.69) is 30.5 Å². The molecule has 2 heterocycles. The molecule has 0 unspecified atom stereocenters. The van der Waals surface area contributed by atoms with Crippen LogP contribution in [-0.4, -0.2) is 10.3 Å². The normalized spacial score (nSPS) is 13.7. The Morgan fingerprint density at radius 2 is 1.77 bits per heavy atom. The number of rotatable bonds is 2. The third-order valence-corrected chi connectivity index (χ3v) is 4.91. The van der Waals surface area contributed by atoms with Crippen molar-refractivity contribution >= 4 is 5.71 Å². The summed E-state index contributed by atoms with van der Waals surface area (Å²) >= 11 is 0. The van der Waals surface area contributed by atoms with Gasteiger partial charge in [0.2, 0.25) is 0 Å². The lowest BCUT2D eigenvalue weighted by Gasteiger charge is -2.14. The SMILES string of the molecule is Cc1cc(C)c2c(c1)-n1cccc1C(c1ccc(C(C)(F)F)cc1)=NC2. The van der Waals surface area contributed by atoms with Crippen molar-refractivity contribution in [1.82, 2.24) is 4.57 Å². The van der Waals surface area contributed by atoms with E-state index in [1.54, 1.807) is 12.1 Å². The summed E-state index contributed by atoms with van der Waals surface area (Å²) in [5.41, 5.74) is 7.42. The molecule has 1 aliphatic rings. The zero-order valence-electron chi connectivity index (χ0n) is 15.1. The quantitative estimate of drug-likeness (QED) is 0.576. The van der Waals surface area contributed by atoms with Gasteiger partial charge in [-0.15, -0.1) is 0 Å². The van der Waals surface area contributed by atoms with Crippen molar-refractivity contribution in [3.8, 4) is 5.69 Å². The standard InChI is InChI=1S/C22H20F2N2/c1-14-11-15(2)18-13-25-21(19-5-4-10-26(19)20(18)12-14)16-6-8-17(9-7-16)22(3,23)24/h4-12H,13H2,1-3H3. The van der Waals surface area contributed by atoms with Crippen molar-refractivity contribution in [2.75, 3.05) is 0 Å². The highest BCUT2D eigenvalue weighted by atomic mass is 19.3. The third-order valence-electron chi connectivity index (χ3n) is 4.91. The van der Waals surface area contributed by atoms with Crippen LogP contribution in [0.25, 0.3) is 5.69 Å². The maximum atomic E-state index is 13.5. The molecule has 0 amide bonds. The average Bonchev–Trinajstić information content (AvgIpc) is 2.99. The van der Waals surface area contributed by atoms with Gasteiger partial charge in [-0.2, -0.15) is 0 Å². The summed E-state index contributed by atoms with van der Waals surface area (Å²) in [6.07, 6.45) is 2.03. The molecule has 2 nitrogen and oxygen atoms in total. The number of benzene rings is 2. The molecule has 4 heteroatoms. The molecule has 0 bridgehead atoms. The van der Waals surface area contributed by atoms with E-state index in [0.29, 0.717) is 6.54 Å². The van der Waals surface area contributed by atoms with Crippen LogP contribution in [0, 0.1) is 13.8 Å². The summed E-state index contributed by atoms with van der Waals surface area (Å²) in [4.78, 5) is 4.84. The Labute approximate surface area is 151 Å². The molecule has 2 aromatic carbocycles. The fourth-order valence-electron chi connectivity index (χ4n) is 3.58. The van der Waals surface area contributed by atoms with Crippen molar-refractivity contribution in [2.24, 2.45) is 4.99 Å². The molecule has 3 aromatic rings. The number of aliphatic imine (C=N–C) groups is 1. The first-order valence-electron chi connectivity index (χ1n) is 8.66. The Kier molecular flexibility index (Phi) is 3.79. The highest BCUT2D eigenvalue weighted by Gasteiger charge is 2.25. The molecule has 0 N–H and O–H groups in total. The van der Waals surface area contributed by atoms with Crippen LogP contribution in [0.4, 0.5) is 8.78 Å². The Bertz CT molecular complexity index is 1010. The largest absolute Gasteiger partial charge is 0.315 e. The molecular weight excluding hydrogens is 330 g/mol. The average molecular weight is 350 g/mol. The van der Waals surface area contributed by atoms with Crippen molar-refractivity contribution in [3.63, 3.8) is 0 Å². The number of fused-ring (bicyclic) bond motifs is 3. The number of hydrogen-bond donors (Lipinski definition) is 0. The van der Waals surface area contributed by atoms with E-state index >= 15 is 0 Å². The van der Waals surface area contributed by atoms with Crippen LogP contribution in [0.3, 0.4) is 0 Å². The summed E-state index contributed by atoms with van der Waals surface area (Å²) in [6.45, 7) is 5.68. The first-order valence-corrected chi connectivity index (χ1v) is 8.66. The van der Waals surface area contributed by atoms with Crippen LogP contribution in [0.15, 0.2) is 59.7 Å². The van der Waals surface area contributed by atoms with Gasteiger partial charge in [0.15, 0.2) is 0 Å². The maximum Gasteiger partial charge on any atom is 0.270 e. The highest BCUT2D eigenvalue weighted by molar-refractivity contribution is 6.12. The van der Waals surface area contributed by atoms with Gasteiger partial charge in [-0.3, -0.25) is 4.99 Å². The van der Waals surface area contributed by atoms with E-state index in [-0.39, 0.29) is 5.56 Å². The van der Waals surface area contributed by atoms with Gasteiger partial charge < -0.3 is 4.57 Å². The zero-order valence-corrected chi connectivity index (χ0v) is 15.1. The first-order chi connectivity index (χ1) is 12.3. The van der Waals surface area contributed by atoms with Crippen LogP contribution in [0.5, 0.6) is 0 Å². The zero-order chi connectivity index (χ0) is 18.5. The van der Waals surface area contributed by atoms with Crippen LogP contribution < -0.4 is 0 Å². The fraction of sp³-hybridized carbons (Fsp3) is 0.227. The fourth-order valence-corrected chi connectivity index (χ4v) is 3.58. The van der Waals surface area contributed by atoms with Gasteiger partial charge in [0.05, 0.1) is 23.6 Å². The van der Waals surface area contributed by atoms with Gasteiger partial charge >= 0.3 is 0 Å². The Balaban J connectivity index is 1.85. The topological polar surface area (TPSA) is 17.3 Å². The van der Waals surface area contributed by atoms with Gasteiger partial charge in [0.1, 0.15) is 0 Å². The maximum absolute atomic E-state index is 13.5. The molecule has 1 aromatic heterocycles. The summed E-state index contributed by atoms with van der Waals surface area (Å²) < 4.78 is 29.2. The molecule has 0 spiro atoms. The molecule has 0 saturated heterocycles. The Morgan fingerprint density at radius 1 is 1.04 bits per heavy atom. The Morgan fingerprint density at radius 3 is 2.46 bits per heavy atom. The highest BCUT2D eigenvalue weighted by Crippen LogP contribution is 2.30. The summed E-state index contributed by atoms with van der Waals surface area (Å²) in [5.74, 6) is -2.84. The van der Waals surface area contributed by atoms with Crippen LogP contribution in [0.2, 0.25) is 0 Å². The predicted octanol–water partition coefficient (Wildman–Crippen LogP) is 5.56. The van der Waals surface area contributed by atoms with E-state index in [1.807, 2.05) is 18.3 Å². The van der Waals surface area contributed by atoms with Crippen LogP contribution in [0.1, 0.15) is 40.4 Å². The molecule has 0 atom stereocenters. The predicted molar refractivity (Wildman–Crippen MR) is 101 cm³/mol. The van der Waals surface area contributed by atoms with E-state index < -0.39 is 5.92 Å². The third kappa shape index (κ3) is 2.75. The number of alkyl halides is 2. The van der Waals surface area contributed by atoms with Gasteiger partial charge in [-0.1, -0.05) is 30.3 Å². The lowest BCUT2D eigenvalue weighted by molar-refractivity contribution is 0.0175. The second-order valence-electron chi connectivity index (χ2n) is 6.97. The number of aryl methyl sites for hydroxylation is 2. The number of hydrogen-bond acceptors (Lipinski definition) is 1. The monoisotopic (exact) mass is 350 g/mol. The second-order valence-corrected chi connectivity index (χ2v) is 6.97. The molecule has 0 saturated carbocycles. The summed E-state index contributed by atoms with van der Waals surface area (Å²) in [6, 6.07) is 14.8. The number of aromatic nitrogens is 1. The second kappa shape index (κ2) is 5.90. The Hall–Kier alpha value is -2.75. The summed E-state index contributed by atoms with van der Waals surface area (Å²) in [7, 11) is 0. The molecule has 0 radical (unpaired) electrons. The van der Waals surface area contributed by atoms with Gasteiger partial charge in [0, 0.05) is 29.8 Å². The molecule has 132 valence electrons. The van der Waals surface area contributed by atoms with E-state index in [4.69, 9.17) is 4.99 Å². The first kappa shape index (κ1) is 16.7. The minimum Gasteiger partial charge on any atom is -0.315 e. The van der Waals surface area contributed by atoms with Gasteiger partial charge in [-0.05, 0) is 43.2 Å². The van der Waals surface area contributed by atoms with Crippen molar-refractivity contribution in [3.05, 3.63) is 88.2 Å². The smallest absolute Gasteiger partial charge is 0.270 e. The van der Waals surface area contributed by atoms with E-state index in [1.165, 1.54) is 28.8 Å². The number of halogens is 2. The molecule has 0 fully saturated rings.